The zero-order chi connectivity index (χ0) is 22.0. The van der Waals surface area contributed by atoms with Crippen molar-refractivity contribution in [1.82, 2.24) is 4.31 Å². The molecular weight excluding hydrogens is 454 g/mol. The van der Waals surface area contributed by atoms with Gasteiger partial charge in [-0.05, 0) is 62.2 Å². The van der Waals surface area contributed by atoms with Gasteiger partial charge < -0.3 is 0 Å². The molecule has 9 heteroatoms. The summed E-state index contributed by atoms with van der Waals surface area (Å²) in [4.78, 5) is 19.9. The maximum atomic E-state index is 13.6. The van der Waals surface area contributed by atoms with Crippen molar-refractivity contribution in [2.45, 2.75) is 37.1 Å². The predicted octanol–water partition coefficient (Wildman–Crippen LogP) is 4.65. The van der Waals surface area contributed by atoms with Crippen LogP contribution in [0.2, 0.25) is 5.02 Å². The number of amidine groups is 1. The van der Waals surface area contributed by atoms with E-state index in [1.165, 1.54) is 27.0 Å². The summed E-state index contributed by atoms with van der Waals surface area (Å²) < 4.78 is 27.7. The minimum atomic E-state index is -3.63. The number of rotatable bonds is 4. The fourth-order valence-corrected chi connectivity index (χ4v) is 6.38. The van der Waals surface area contributed by atoms with Crippen LogP contribution in [0, 0.1) is 0 Å². The Balaban J connectivity index is 1.70. The number of sulfonamides is 1. The Morgan fingerprint density at radius 2 is 1.84 bits per heavy atom. The predicted molar refractivity (Wildman–Crippen MR) is 127 cm³/mol. The number of halogens is 1. The van der Waals surface area contributed by atoms with Crippen molar-refractivity contribution >= 4 is 50.1 Å². The number of benzene rings is 2. The SMILES string of the molecule is C[C@@H]1CSC(N(C(=O)c2cccc(S(=O)(=O)N3CCCCC3)c2)c2ccc(Cl)cc2)=N1. The van der Waals surface area contributed by atoms with Crippen LogP contribution in [-0.2, 0) is 10.0 Å². The summed E-state index contributed by atoms with van der Waals surface area (Å²) in [7, 11) is -3.63. The fraction of sp³-hybridized carbons (Fsp3) is 0.364. The first-order chi connectivity index (χ1) is 14.9. The third-order valence-electron chi connectivity index (χ3n) is 5.30. The summed E-state index contributed by atoms with van der Waals surface area (Å²) >= 11 is 7.54. The van der Waals surface area contributed by atoms with Gasteiger partial charge in [0.25, 0.3) is 5.91 Å². The molecule has 6 nitrogen and oxygen atoms in total. The average Bonchev–Trinajstić information content (AvgIpc) is 3.21. The van der Waals surface area contributed by atoms with E-state index in [1.54, 1.807) is 42.5 Å². The summed E-state index contributed by atoms with van der Waals surface area (Å²) in [6, 6.07) is 13.4. The number of hydrogen-bond donors (Lipinski definition) is 0. The highest BCUT2D eigenvalue weighted by Gasteiger charge is 2.30. The van der Waals surface area contributed by atoms with Gasteiger partial charge in [-0.15, -0.1) is 0 Å². The van der Waals surface area contributed by atoms with Crippen molar-refractivity contribution in [3.63, 3.8) is 0 Å². The van der Waals surface area contributed by atoms with Crippen molar-refractivity contribution in [2.24, 2.45) is 4.99 Å². The van der Waals surface area contributed by atoms with Gasteiger partial charge in [0.05, 0.1) is 16.6 Å². The maximum absolute atomic E-state index is 13.6. The van der Waals surface area contributed by atoms with E-state index in [0.717, 1.165) is 25.0 Å². The quantitative estimate of drug-likeness (QED) is 0.642. The van der Waals surface area contributed by atoms with Crippen LogP contribution in [0.25, 0.3) is 0 Å². The summed E-state index contributed by atoms with van der Waals surface area (Å²) in [6.45, 7) is 3.03. The number of piperidine rings is 1. The number of aliphatic imine (C=N–C) groups is 1. The second-order valence-corrected chi connectivity index (χ2v) is 11.0. The normalized spacial score (nSPS) is 19.8. The number of anilines is 1. The molecule has 1 saturated heterocycles. The van der Waals surface area contributed by atoms with Crippen molar-refractivity contribution in [2.75, 3.05) is 23.7 Å². The first-order valence-electron chi connectivity index (χ1n) is 10.3. The Labute approximate surface area is 192 Å². The third kappa shape index (κ3) is 4.82. The number of thioether (sulfide) groups is 1. The van der Waals surface area contributed by atoms with Gasteiger partial charge in [-0.1, -0.05) is 35.9 Å². The van der Waals surface area contributed by atoms with Crippen LogP contribution >= 0.6 is 23.4 Å². The zero-order valence-corrected chi connectivity index (χ0v) is 19.6. The van der Waals surface area contributed by atoms with E-state index in [4.69, 9.17) is 11.6 Å². The van der Waals surface area contributed by atoms with E-state index < -0.39 is 10.0 Å². The van der Waals surface area contributed by atoms with Gasteiger partial charge in [0.1, 0.15) is 0 Å². The highest BCUT2D eigenvalue weighted by Crippen LogP contribution is 2.29. The number of carbonyl (C=O) groups excluding carboxylic acids is 1. The smallest absolute Gasteiger partial charge is 0.264 e. The topological polar surface area (TPSA) is 70.1 Å². The Bertz CT molecular complexity index is 1100. The van der Waals surface area contributed by atoms with Crippen LogP contribution in [0.5, 0.6) is 0 Å². The second-order valence-electron chi connectivity index (χ2n) is 7.68. The van der Waals surface area contributed by atoms with E-state index in [0.29, 0.717) is 34.5 Å². The first kappa shape index (κ1) is 22.3. The molecule has 0 bridgehead atoms. The van der Waals surface area contributed by atoms with E-state index in [-0.39, 0.29) is 16.8 Å². The number of amides is 1. The van der Waals surface area contributed by atoms with Gasteiger partial charge in [0.2, 0.25) is 10.0 Å². The lowest BCUT2D eigenvalue weighted by Crippen LogP contribution is -2.36. The molecule has 1 fully saturated rings. The van der Waals surface area contributed by atoms with Crippen LogP contribution in [0.4, 0.5) is 5.69 Å². The van der Waals surface area contributed by atoms with Gasteiger partial charge in [-0.3, -0.25) is 14.7 Å². The molecule has 1 atom stereocenters. The van der Waals surface area contributed by atoms with Crippen LogP contribution in [-0.4, -0.2) is 48.7 Å². The molecule has 4 rings (SSSR count). The molecule has 0 N–H and O–H groups in total. The standard InChI is InChI=1S/C22H24ClN3O3S2/c1-16-15-30-22(24-16)26(19-10-8-18(23)9-11-19)21(27)17-6-5-7-20(14-17)31(28,29)25-12-3-2-4-13-25/h5-11,14,16H,2-4,12-13,15H2,1H3/t16-/m1/s1. The van der Waals surface area contributed by atoms with Crippen LogP contribution < -0.4 is 4.90 Å². The Morgan fingerprint density at radius 1 is 1.13 bits per heavy atom. The lowest BCUT2D eigenvalue weighted by Gasteiger charge is -2.26. The van der Waals surface area contributed by atoms with Gasteiger partial charge in [0, 0.05) is 29.4 Å². The number of hydrogen-bond acceptors (Lipinski definition) is 5. The number of nitrogens with zero attached hydrogens (tertiary/aromatic N) is 3. The molecule has 2 aromatic rings. The molecule has 164 valence electrons. The maximum Gasteiger partial charge on any atom is 0.264 e. The van der Waals surface area contributed by atoms with E-state index in [2.05, 4.69) is 4.99 Å². The summed E-state index contributed by atoms with van der Waals surface area (Å²) in [6.07, 6.45) is 2.76. The van der Waals surface area contributed by atoms with Crippen molar-refractivity contribution in [1.29, 1.82) is 0 Å². The molecule has 2 aliphatic rings. The Hall–Kier alpha value is -1.87. The van der Waals surface area contributed by atoms with E-state index in [9.17, 15) is 13.2 Å². The largest absolute Gasteiger partial charge is 0.268 e. The van der Waals surface area contributed by atoms with Crippen LogP contribution in [0.15, 0.2) is 58.4 Å². The zero-order valence-electron chi connectivity index (χ0n) is 17.2. The molecule has 2 aromatic carbocycles. The van der Waals surface area contributed by atoms with E-state index >= 15 is 0 Å². The van der Waals surface area contributed by atoms with Gasteiger partial charge in [-0.25, -0.2) is 8.42 Å². The molecule has 1 amide bonds. The molecular formula is C22H24ClN3O3S2. The highest BCUT2D eigenvalue weighted by atomic mass is 35.5. The second kappa shape index (κ2) is 9.32. The average molecular weight is 478 g/mol. The van der Waals surface area contributed by atoms with Gasteiger partial charge in [0.15, 0.2) is 5.17 Å². The Morgan fingerprint density at radius 3 is 2.48 bits per heavy atom. The highest BCUT2D eigenvalue weighted by molar-refractivity contribution is 8.14. The molecule has 0 aliphatic carbocycles. The molecule has 0 aromatic heterocycles. The van der Waals surface area contributed by atoms with E-state index in [1.807, 2.05) is 6.92 Å². The number of carbonyl (C=O) groups is 1. The van der Waals surface area contributed by atoms with Crippen molar-refractivity contribution in [3.8, 4) is 0 Å². The fourth-order valence-electron chi connectivity index (χ4n) is 3.66. The molecule has 0 radical (unpaired) electrons. The van der Waals surface area contributed by atoms with Crippen molar-refractivity contribution < 1.29 is 13.2 Å². The van der Waals surface area contributed by atoms with Gasteiger partial charge in [-0.2, -0.15) is 4.31 Å². The molecule has 2 aliphatic heterocycles. The Kier molecular flexibility index (Phi) is 6.71. The molecule has 31 heavy (non-hydrogen) atoms. The van der Waals surface area contributed by atoms with Crippen LogP contribution in [0.3, 0.4) is 0 Å². The summed E-state index contributed by atoms with van der Waals surface area (Å²) in [5, 5.41) is 1.17. The summed E-state index contributed by atoms with van der Waals surface area (Å²) in [5.41, 5.74) is 0.940. The lowest BCUT2D eigenvalue weighted by atomic mass is 10.2. The van der Waals surface area contributed by atoms with Crippen molar-refractivity contribution in [3.05, 3.63) is 59.1 Å². The molecule has 2 heterocycles. The minimum Gasteiger partial charge on any atom is -0.268 e. The summed E-state index contributed by atoms with van der Waals surface area (Å²) in [5.74, 6) is 0.467. The lowest BCUT2D eigenvalue weighted by molar-refractivity contribution is 0.100. The third-order valence-corrected chi connectivity index (χ3v) is 8.64. The monoisotopic (exact) mass is 477 g/mol. The van der Waals surface area contributed by atoms with Crippen LogP contribution in [0.1, 0.15) is 36.5 Å². The first-order valence-corrected chi connectivity index (χ1v) is 13.1. The molecule has 0 unspecified atom stereocenters. The minimum absolute atomic E-state index is 0.105. The van der Waals surface area contributed by atoms with Gasteiger partial charge >= 0.3 is 0 Å². The molecule has 0 spiro atoms. The molecule has 0 saturated carbocycles.